The van der Waals surface area contributed by atoms with Crippen molar-refractivity contribution < 1.29 is 19.0 Å². The number of nitrogens with zero attached hydrogens (tertiary/aromatic N) is 2. The van der Waals surface area contributed by atoms with Crippen LogP contribution in [0.15, 0.2) is 36.4 Å². The number of hydrogen-bond acceptors (Lipinski definition) is 5. The van der Waals surface area contributed by atoms with E-state index in [9.17, 15) is 4.79 Å². The van der Waals surface area contributed by atoms with Crippen molar-refractivity contribution in [3.05, 3.63) is 53.1 Å². The average Bonchev–Trinajstić information content (AvgIpc) is 3.22. The maximum Gasteiger partial charge on any atom is 0.227 e. The quantitative estimate of drug-likeness (QED) is 0.796. The lowest BCUT2D eigenvalue weighted by atomic mass is 10.1. The molecule has 0 unspecified atom stereocenters. The van der Waals surface area contributed by atoms with Gasteiger partial charge in [-0.1, -0.05) is 18.2 Å². The summed E-state index contributed by atoms with van der Waals surface area (Å²) in [6.45, 7) is 6.22. The normalized spacial score (nSPS) is 18.3. The van der Waals surface area contributed by atoms with E-state index in [1.807, 2.05) is 23.1 Å². The molecule has 3 aliphatic heterocycles. The Labute approximate surface area is 171 Å². The number of rotatable bonds is 4. The summed E-state index contributed by atoms with van der Waals surface area (Å²) in [4.78, 5) is 17.1. The van der Waals surface area contributed by atoms with Crippen LogP contribution in [0.2, 0.25) is 0 Å². The third-order valence-corrected chi connectivity index (χ3v) is 5.85. The number of carbonyl (C=O) groups is 1. The molecule has 0 aromatic heterocycles. The Bertz CT molecular complexity index is 906. The summed E-state index contributed by atoms with van der Waals surface area (Å²) in [5, 5.41) is 0. The van der Waals surface area contributed by atoms with Crippen molar-refractivity contribution in [3.8, 4) is 17.2 Å². The fraction of sp³-hybridized carbons (Fsp3) is 0.435. The highest BCUT2D eigenvalue weighted by atomic mass is 16.6. The molecule has 1 amide bonds. The van der Waals surface area contributed by atoms with Gasteiger partial charge in [-0.25, -0.2) is 0 Å². The van der Waals surface area contributed by atoms with E-state index in [0.717, 1.165) is 68.6 Å². The van der Waals surface area contributed by atoms with Crippen LogP contribution in [0.5, 0.6) is 17.2 Å². The maximum absolute atomic E-state index is 12.7. The van der Waals surface area contributed by atoms with Crippen molar-refractivity contribution in [1.82, 2.24) is 9.80 Å². The molecule has 0 aliphatic carbocycles. The summed E-state index contributed by atoms with van der Waals surface area (Å²) in [5.41, 5.74) is 3.61. The van der Waals surface area contributed by atoms with Gasteiger partial charge in [-0.15, -0.1) is 0 Å². The van der Waals surface area contributed by atoms with Crippen LogP contribution in [0.3, 0.4) is 0 Å². The van der Waals surface area contributed by atoms with Crippen molar-refractivity contribution in [2.75, 3.05) is 46.0 Å². The number of piperazine rings is 1. The van der Waals surface area contributed by atoms with Crippen LogP contribution in [0.25, 0.3) is 0 Å². The molecule has 0 radical (unpaired) electrons. The fourth-order valence-corrected chi connectivity index (χ4v) is 4.24. The Kier molecular flexibility index (Phi) is 5.02. The van der Waals surface area contributed by atoms with Gasteiger partial charge >= 0.3 is 0 Å². The Hall–Kier alpha value is -2.73. The molecule has 0 saturated carbocycles. The lowest BCUT2D eigenvalue weighted by molar-refractivity contribution is -0.132. The summed E-state index contributed by atoms with van der Waals surface area (Å²) in [6.07, 6.45) is 1.41. The molecule has 2 aromatic rings. The zero-order chi connectivity index (χ0) is 19.6. The van der Waals surface area contributed by atoms with Crippen molar-refractivity contribution >= 4 is 5.91 Å². The number of benzene rings is 2. The largest absolute Gasteiger partial charge is 0.493 e. The average molecular weight is 394 g/mol. The van der Waals surface area contributed by atoms with Gasteiger partial charge in [-0.2, -0.15) is 0 Å². The number of amides is 1. The van der Waals surface area contributed by atoms with Crippen LogP contribution in [-0.4, -0.2) is 61.7 Å². The second kappa shape index (κ2) is 7.95. The smallest absolute Gasteiger partial charge is 0.227 e. The van der Waals surface area contributed by atoms with E-state index in [0.29, 0.717) is 19.6 Å². The summed E-state index contributed by atoms with van der Waals surface area (Å²) >= 11 is 0. The SMILES string of the molecule is O=C(Cc1ccc2c(c1)OCCO2)N1CCN(Cc2ccc3c(c2)CCO3)CC1. The molecular weight excluding hydrogens is 368 g/mol. The minimum atomic E-state index is 0.177. The third kappa shape index (κ3) is 4.03. The van der Waals surface area contributed by atoms with Crippen molar-refractivity contribution in [1.29, 1.82) is 0 Å². The predicted molar refractivity (Wildman–Crippen MR) is 109 cm³/mol. The number of carbonyl (C=O) groups excluding carboxylic acids is 1. The van der Waals surface area contributed by atoms with Gasteiger partial charge in [0.05, 0.1) is 13.0 Å². The Morgan fingerprint density at radius 3 is 2.38 bits per heavy atom. The van der Waals surface area contributed by atoms with E-state index in [2.05, 4.69) is 23.1 Å². The van der Waals surface area contributed by atoms with E-state index >= 15 is 0 Å². The lowest BCUT2D eigenvalue weighted by Gasteiger charge is -2.35. The Morgan fingerprint density at radius 1 is 0.793 bits per heavy atom. The van der Waals surface area contributed by atoms with Gasteiger partial charge in [-0.05, 0) is 34.9 Å². The van der Waals surface area contributed by atoms with Crippen LogP contribution in [0.4, 0.5) is 0 Å². The Morgan fingerprint density at radius 2 is 1.52 bits per heavy atom. The summed E-state index contributed by atoms with van der Waals surface area (Å²) in [6, 6.07) is 12.3. The Balaban J connectivity index is 1.14. The highest BCUT2D eigenvalue weighted by molar-refractivity contribution is 5.79. The minimum Gasteiger partial charge on any atom is -0.493 e. The van der Waals surface area contributed by atoms with E-state index in [1.54, 1.807) is 0 Å². The van der Waals surface area contributed by atoms with Gasteiger partial charge in [0, 0.05) is 39.1 Å². The first-order valence-corrected chi connectivity index (χ1v) is 10.4. The van der Waals surface area contributed by atoms with Crippen LogP contribution in [-0.2, 0) is 24.2 Å². The molecule has 6 heteroatoms. The highest BCUT2D eigenvalue weighted by Gasteiger charge is 2.22. The standard InChI is InChI=1S/C23H26N2O4/c26-23(15-17-1-4-21-22(14-17)29-12-11-28-21)25-8-6-24(7-9-25)16-18-2-3-20-19(13-18)5-10-27-20/h1-4,13-14H,5-12,15-16H2. The number of hydrogen-bond donors (Lipinski definition) is 0. The van der Waals surface area contributed by atoms with Gasteiger partial charge in [0.15, 0.2) is 11.5 Å². The topological polar surface area (TPSA) is 51.2 Å². The molecule has 3 heterocycles. The van der Waals surface area contributed by atoms with Gasteiger partial charge in [0.1, 0.15) is 19.0 Å². The molecule has 0 bridgehead atoms. The predicted octanol–water partition coefficient (Wildman–Crippen LogP) is 2.28. The van der Waals surface area contributed by atoms with Crippen molar-refractivity contribution in [2.24, 2.45) is 0 Å². The molecule has 6 nitrogen and oxygen atoms in total. The zero-order valence-electron chi connectivity index (χ0n) is 16.6. The summed E-state index contributed by atoms with van der Waals surface area (Å²) < 4.78 is 16.8. The highest BCUT2D eigenvalue weighted by Crippen LogP contribution is 2.31. The molecule has 0 spiro atoms. The monoisotopic (exact) mass is 394 g/mol. The first kappa shape index (κ1) is 18.3. The van der Waals surface area contributed by atoms with Gasteiger partial charge in [-0.3, -0.25) is 9.69 Å². The first-order chi connectivity index (χ1) is 14.2. The van der Waals surface area contributed by atoms with Crippen molar-refractivity contribution in [3.63, 3.8) is 0 Å². The summed E-state index contributed by atoms with van der Waals surface area (Å²) in [5.74, 6) is 2.71. The van der Waals surface area contributed by atoms with E-state index in [4.69, 9.17) is 14.2 Å². The molecule has 152 valence electrons. The van der Waals surface area contributed by atoms with E-state index in [1.165, 1.54) is 11.1 Å². The number of fused-ring (bicyclic) bond motifs is 2. The molecule has 29 heavy (non-hydrogen) atoms. The van der Waals surface area contributed by atoms with Gasteiger partial charge in [0.2, 0.25) is 5.91 Å². The second-order valence-electron chi connectivity index (χ2n) is 7.85. The molecular formula is C23H26N2O4. The second-order valence-corrected chi connectivity index (χ2v) is 7.85. The van der Waals surface area contributed by atoms with Gasteiger partial charge < -0.3 is 19.1 Å². The zero-order valence-corrected chi connectivity index (χ0v) is 16.6. The maximum atomic E-state index is 12.7. The molecule has 0 N–H and O–H groups in total. The van der Waals surface area contributed by atoms with Crippen LogP contribution in [0.1, 0.15) is 16.7 Å². The molecule has 2 aromatic carbocycles. The van der Waals surface area contributed by atoms with Crippen LogP contribution in [0, 0.1) is 0 Å². The lowest BCUT2D eigenvalue weighted by Crippen LogP contribution is -2.48. The number of ether oxygens (including phenoxy) is 3. The van der Waals surface area contributed by atoms with Gasteiger partial charge in [0.25, 0.3) is 0 Å². The minimum absolute atomic E-state index is 0.177. The fourth-order valence-electron chi connectivity index (χ4n) is 4.24. The third-order valence-electron chi connectivity index (χ3n) is 5.85. The summed E-state index contributed by atoms with van der Waals surface area (Å²) in [7, 11) is 0. The first-order valence-electron chi connectivity index (χ1n) is 10.4. The molecule has 1 fully saturated rings. The molecule has 1 saturated heterocycles. The van der Waals surface area contributed by atoms with E-state index in [-0.39, 0.29) is 5.91 Å². The molecule has 5 rings (SSSR count). The van der Waals surface area contributed by atoms with Crippen molar-refractivity contribution in [2.45, 2.75) is 19.4 Å². The molecule has 0 atom stereocenters. The van der Waals surface area contributed by atoms with Crippen LogP contribution < -0.4 is 14.2 Å². The van der Waals surface area contributed by atoms with E-state index < -0.39 is 0 Å². The molecule has 3 aliphatic rings. The van der Waals surface area contributed by atoms with Crippen LogP contribution >= 0.6 is 0 Å².